The smallest absolute Gasteiger partial charge is 0.244 e. The van der Waals surface area contributed by atoms with Gasteiger partial charge in [0.05, 0.1) is 25.4 Å². The summed E-state index contributed by atoms with van der Waals surface area (Å²) >= 11 is 0. The first-order chi connectivity index (χ1) is 14.2. The number of amides is 2. The van der Waals surface area contributed by atoms with E-state index in [9.17, 15) is 9.59 Å². The molecule has 2 aromatic rings. The van der Waals surface area contributed by atoms with Gasteiger partial charge in [0.15, 0.2) is 0 Å². The molecule has 4 rings (SSSR count). The molecule has 2 fully saturated rings. The molecule has 0 spiro atoms. The molecule has 7 nitrogen and oxygen atoms in total. The molecule has 2 saturated heterocycles. The zero-order chi connectivity index (χ0) is 20.1. The molecule has 0 bridgehead atoms. The van der Waals surface area contributed by atoms with E-state index in [4.69, 9.17) is 4.42 Å². The highest BCUT2D eigenvalue weighted by Crippen LogP contribution is 2.24. The Morgan fingerprint density at radius 1 is 1.03 bits per heavy atom. The van der Waals surface area contributed by atoms with Crippen LogP contribution in [0.4, 0.5) is 5.69 Å². The largest absolute Gasteiger partial charge is 0.467 e. The highest BCUT2D eigenvalue weighted by Gasteiger charge is 2.35. The second-order valence-electron chi connectivity index (χ2n) is 7.65. The van der Waals surface area contributed by atoms with Crippen molar-refractivity contribution in [1.82, 2.24) is 15.1 Å². The maximum absolute atomic E-state index is 13.1. The number of piperidine rings is 1. The van der Waals surface area contributed by atoms with Crippen LogP contribution < -0.4 is 10.2 Å². The predicted molar refractivity (Wildman–Crippen MR) is 110 cm³/mol. The molecule has 2 amide bonds. The summed E-state index contributed by atoms with van der Waals surface area (Å²) in [7, 11) is 0. The van der Waals surface area contributed by atoms with E-state index in [0.717, 1.165) is 57.0 Å². The summed E-state index contributed by atoms with van der Waals surface area (Å²) in [5, 5.41) is 2.89. The van der Waals surface area contributed by atoms with Gasteiger partial charge in [-0.2, -0.15) is 0 Å². The number of piperazine rings is 1. The summed E-state index contributed by atoms with van der Waals surface area (Å²) in [5.41, 5.74) is 0.981. The van der Waals surface area contributed by atoms with E-state index in [1.54, 1.807) is 6.26 Å². The molecule has 0 aliphatic carbocycles. The van der Waals surface area contributed by atoms with Gasteiger partial charge >= 0.3 is 0 Å². The van der Waals surface area contributed by atoms with Crippen molar-refractivity contribution in [3.63, 3.8) is 0 Å². The SMILES string of the molecule is O=C(CN1CCN(C2CCCN(c3ccccc3)C2=O)CC1)NCc1ccco1. The van der Waals surface area contributed by atoms with Crippen molar-refractivity contribution in [2.24, 2.45) is 0 Å². The third-order valence-corrected chi connectivity index (χ3v) is 5.73. The summed E-state index contributed by atoms with van der Waals surface area (Å²) in [4.78, 5) is 31.6. The van der Waals surface area contributed by atoms with Crippen molar-refractivity contribution in [1.29, 1.82) is 0 Å². The van der Waals surface area contributed by atoms with E-state index >= 15 is 0 Å². The second kappa shape index (κ2) is 9.24. The monoisotopic (exact) mass is 396 g/mol. The highest BCUT2D eigenvalue weighted by molar-refractivity contribution is 5.97. The van der Waals surface area contributed by atoms with E-state index in [0.29, 0.717) is 13.1 Å². The predicted octanol–water partition coefficient (Wildman–Crippen LogP) is 1.71. The second-order valence-corrected chi connectivity index (χ2v) is 7.65. The van der Waals surface area contributed by atoms with Gasteiger partial charge in [0.2, 0.25) is 11.8 Å². The van der Waals surface area contributed by atoms with Crippen LogP contribution in [0.5, 0.6) is 0 Å². The molecule has 0 saturated carbocycles. The fourth-order valence-electron chi connectivity index (χ4n) is 4.15. The number of hydrogen-bond acceptors (Lipinski definition) is 5. The standard InChI is InChI=1S/C22H28N4O3/c27-21(23-16-19-8-5-15-29-19)17-24-11-13-25(14-12-24)20-9-4-10-26(22(20)28)18-6-2-1-3-7-18/h1-3,5-8,15,20H,4,9-14,16-17H2,(H,23,27). The number of hydrogen-bond donors (Lipinski definition) is 1. The summed E-state index contributed by atoms with van der Waals surface area (Å²) < 4.78 is 5.23. The van der Waals surface area contributed by atoms with Gasteiger partial charge in [0.1, 0.15) is 5.76 Å². The van der Waals surface area contributed by atoms with Gasteiger partial charge in [0.25, 0.3) is 0 Å². The Morgan fingerprint density at radius 2 is 1.83 bits per heavy atom. The van der Waals surface area contributed by atoms with Crippen LogP contribution in [0.3, 0.4) is 0 Å². The van der Waals surface area contributed by atoms with Crippen molar-refractivity contribution < 1.29 is 14.0 Å². The summed E-state index contributed by atoms with van der Waals surface area (Å²) in [6, 6.07) is 13.5. The molecule has 2 aliphatic rings. The lowest BCUT2D eigenvalue weighted by Gasteiger charge is -2.42. The lowest BCUT2D eigenvalue weighted by Crippen LogP contribution is -2.58. The van der Waals surface area contributed by atoms with E-state index in [2.05, 4.69) is 15.1 Å². The molecule has 1 aromatic carbocycles. The van der Waals surface area contributed by atoms with E-state index in [1.165, 1.54) is 0 Å². The maximum atomic E-state index is 13.1. The Kier molecular flexibility index (Phi) is 6.27. The molecule has 1 aromatic heterocycles. The lowest BCUT2D eigenvalue weighted by atomic mass is 10.0. The zero-order valence-electron chi connectivity index (χ0n) is 16.6. The topological polar surface area (TPSA) is 69.0 Å². The summed E-state index contributed by atoms with van der Waals surface area (Å²) in [5.74, 6) is 0.952. The maximum Gasteiger partial charge on any atom is 0.244 e. The van der Waals surface area contributed by atoms with Gasteiger partial charge in [-0.15, -0.1) is 0 Å². The normalized spacial score (nSPS) is 21.3. The average molecular weight is 396 g/mol. The number of carbonyl (C=O) groups excluding carboxylic acids is 2. The molecule has 0 radical (unpaired) electrons. The first-order valence-corrected chi connectivity index (χ1v) is 10.3. The van der Waals surface area contributed by atoms with Gasteiger partial charge in [-0.05, 0) is 37.1 Å². The average Bonchev–Trinajstić information content (AvgIpc) is 3.28. The molecular formula is C22H28N4O3. The van der Waals surface area contributed by atoms with E-state index < -0.39 is 0 Å². The fraction of sp³-hybridized carbons (Fsp3) is 0.455. The molecule has 7 heteroatoms. The van der Waals surface area contributed by atoms with Crippen molar-refractivity contribution in [3.8, 4) is 0 Å². The highest BCUT2D eigenvalue weighted by atomic mass is 16.3. The van der Waals surface area contributed by atoms with Crippen LogP contribution >= 0.6 is 0 Å². The fourth-order valence-corrected chi connectivity index (χ4v) is 4.15. The third-order valence-electron chi connectivity index (χ3n) is 5.73. The van der Waals surface area contributed by atoms with Gasteiger partial charge in [-0.3, -0.25) is 19.4 Å². The van der Waals surface area contributed by atoms with E-state index in [1.807, 2.05) is 47.4 Å². The van der Waals surface area contributed by atoms with Crippen molar-refractivity contribution >= 4 is 17.5 Å². The van der Waals surface area contributed by atoms with Crippen LogP contribution in [0.1, 0.15) is 18.6 Å². The van der Waals surface area contributed by atoms with Crippen molar-refractivity contribution in [2.75, 3.05) is 44.2 Å². The molecule has 154 valence electrons. The number of benzene rings is 1. The van der Waals surface area contributed by atoms with Gasteiger partial charge in [0, 0.05) is 38.4 Å². The van der Waals surface area contributed by atoms with Crippen LogP contribution in [-0.4, -0.2) is 66.9 Å². The van der Waals surface area contributed by atoms with Crippen LogP contribution in [-0.2, 0) is 16.1 Å². The first kappa shape index (κ1) is 19.7. The number of nitrogens with one attached hydrogen (secondary N) is 1. The minimum atomic E-state index is -0.0566. The number of para-hydroxylation sites is 1. The molecule has 1 atom stereocenters. The number of anilines is 1. The van der Waals surface area contributed by atoms with Crippen LogP contribution in [0, 0.1) is 0 Å². The lowest BCUT2D eigenvalue weighted by molar-refractivity contribution is -0.127. The zero-order valence-corrected chi connectivity index (χ0v) is 16.6. The van der Waals surface area contributed by atoms with Crippen molar-refractivity contribution in [2.45, 2.75) is 25.4 Å². The van der Waals surface area contributed by atoms with Gasteiger partial charge in [-0.25, -0.2) is 0 Å². The van der Waals surface area contributed by atoms with Gasteiger partial charge in [-0.1, -0.05) is 18.2 Å². The Bertz CT molecular complexity index is 801. The molecular weight excluding hydrogens is 368 g/mol. The Hall–Kier alpha value is -2.64. The Balaban J connectivity index is 1.25. The molecule has 1 unspecified atom stereocenters. The first-order valence-electron chi connectivity index (χ1n) is 10.3. The molecule has 3 heterocycles. The molecule has 2 aliphatic heterocycles. The van der Waals surface area contributed by atoms with Crippen LogP contribution in [0.25, 0.3) is 0 Å². The number of nitrogens with zero attached hydrogens (tertiary/aromatic N) is 3. The van der Waals surface area contributed by atoms with Crippen molar-refractivity contribution in [3.05, 3.63) is 54.5 Å². The van der Waals surface area contributed by atoms with E-state index in [-0.39, 0.29) is 17.9 Å². The Labute approximate surface area is 171 Å². The molecule has 1 N–H and O–H groups in total. The summed E-state index contributed by atoms with van der Waals surface area (Å²) in [6.07, 6.45) is 3.53. The third kappa shape index (κ3) is 4.86. The minimum absolute atomic E-state index is 0.00107. The minimum Gasteiger partial charge on any atom is -0.467 e. The Morgan fingerprint density at radius 3 is 2.55 bits per heavy atom. The number of furan rings is 1. The van der Waals surface area contributed by atoms with Crippen LogP contribution in [0.2, 0.25) is 0 Å². The number of rotatable bonds is 6. The quantitative estimate of drug-likeness (QED) is 0.805. The number of carbonyl (C=O) groups is 2. The molecule has 29 heavy (non-hydrogen) atoms. The van der Waals surface area contributed by atoms with Gasteiger partial charge < -0.3 is 14.6 Å². The van der Waals surface area contributed by atoms with Crippen LogP contribution in [0.15, 0.2) is 53.1 Å². The summed E-state index contributed by atoms with van der Waals surface area (Å²) in [6.45, 7) is 4.79.